The van der Waals surface area contributed by atoms with Crippen LogP contribution in [0.4, 0.5) is 15.8 Å². The largest absolute Gasteiger partial charge is 0.465 e. The topological polar surface area (TPSA) is 104 Å². The number of aromatic nitrogens is 1. The van der Waals surface area contributed by atoms with E-state index in [0.29, 0.717) is 23.9 Å². The molecule has 29 heavy (non-hydrogen) atoms. The van der Waals surface area contributed by atoms with E-state index in [1.165, 1.54) is 36.4 Å². The van der Waals surface area contributed by atoms with E-state index >= 15 is 0 Å². The number of methoxy groups -OCH3 is 1. The van der Waals surface area contributed by atoms with E-state index in [4.69, 9.17) is 4.74 Å². The van der Waals surface area contributed by atoms with Crippen LogP contribution >= 0.6 is 0 Å². The Morgan fingerprint density at radius 2 is 2.03 bits per heavy atom. The number of carbonyl (C=O) groups is 1. The van der Waals surface area contributed by atoms with Crippen LogP contribution < -0.4 is 10.1 Å². The molecule has 0 atom stereocenters. The number of nitrogens with zero attached hydrogens (tertiary/aromatic N) is 2. The Balaban J connectivity index is 1.67. The summed E-state index contributed by atoms with van der Waals surface area (Å²) >= 11 is 0. The van der Waals surface area contributed by atoms with Gasteiger partial charge >= 0.3 is 5.97 Å². The van der Waals surface area contributed by atoms with Gasteiger partial charge in [-0.05, 0) is 29.8 Å². The molecule has 3 rings (SSSR count). The summed E-state index contributed by atoms with van der Waals surface area (Å²) in [6.45, 7) is 0.353. The second kappa shape index (κ2) is 8.79. The molecule has 2 aromatic carbocycles. The molecule has 1 N–H and O–H groups in total. The maximum atomic E-state index is 13.2. The second-order valence-corrected chi connectivity index (χ2v) is 5.90. The molecule has 1 aromatic heterocycles. The third-order valence-corrected chi connectivity index (χ3v) is 3.91. The molecular weight excluding hydrogens is 381 g/mol. The Morgan fingerprint density at radius 1 is 1.21 bits per heavy atom. The van der Waals surface area contributed by atoms with Crippen molar-refractivity contribution < 1.29 is 23.6 Å². The van der Waals surface area contributed by atoms with Gasteiger partial charge in [-0.25, -0.2) is 14.2 Å². The maximum Gasteiger partial charge on any atom is 0.344 e. The predicted molar refractivity (Wildman–Crippen MR) is 102 cm³/mol. The normalized spacial score (nSPS) is 10.3. The number of benzene rings is 2. The lowest BCUT2D eigenvalue weighted by Gasteiger charge is -2.09. The van der Waals surface area contributed by atoms with Crippen LogP contribution in [0, 0.1) is 15.9 Å². The van der Waals surface area contributed by atoms with E-state index in [9.17, 15) is 19.3 Å². The first kappa shape index (κ1) is 19.7. The van der Waals surface area contributed by atoms with Crippen LogP contribution in [0.2, 0.25) is 0 Å². The van der Waals surface area contributed by atoms with Crippen molar-refractivity contribution >= 4 is 17.3 Å². The van der Waals surface area contributed by atoms with Crippen molar-refractivity contribution in [2.75, 3.05) is 12.4 Å². The molecule has 0 fully saturated rings. The molecule has 0 amide bonds. The highest BCUT2D eigenvalue weighted by molar-refractivity contribution is 5.95. The Labute approximate surface area is 165 Å². The number of carbonyl (C=O) groups excluding carboxylic acids is 1. The number of nitro benzene ring substituents is 1. The maximum absolute atomic E-state index is 13.2. The van der Waals surface area contributed by atoms with Crippen molar-refractivity contribution in [2.24, 2.45) is 0 Å². The van der Waals surface area contributed by atoms with Gasteiger partial charge in [-0.15, -0.1) is 0 Å². The monoisotopic (exact) mass is 397 g/mol. The fourth-order valence-electron chi connectivity index (χ4n) is 2.51. The number of nitro groups is 1. The van der Waals surface area contributed by atoms with E-state index < -0.39 is 16.7 Å². The van der Waals surface area contributed by atoms with Crippen LogP contribution in [0.25, 0.3) is 0 Å². The van der Waals surface area contributed by atoms with E-state index in [2.05, 4.69) is 15.0 Å². The number of nitrogens with one attached hydrogen (secondary N) is 1. The molecule has 3 aromatic rings. The summed E-state index contributed by atoms with van der Waals surface area (Å²) in [5, 5.41) is 14.1. The summed E-state index contributed by atoms with van der Waals surface area (Å²) in [6, 6.07) is 13.2. The summed E-state index contributed by atoms with van der Waals surface area (Å²) in [7, 11) is 1.16. The van der Waals surface area contributed by atoms with E-state index in [-0.39, 0.29) is 11.3 Å². The average Bonchev–Trinajstić information content (AvgIpc) is 2.72. The van der Waals surface area contributed by atoms with E-state index in [1.54, 1.807) is 24.4 Å². The SMILES string of the molecule is COC(=O)c1cc(NCc2ccc(Oc3cccc(F)c3)nc2)ccc1[N+](=O)[O-]. The molecule has 0 radical (unpaired) electrons. The van der Waals surface area contributed by atoms with Gasteiger partial charge in [0.1, 0.15) is 17.1 Å². The molecule has 9 heteroatoms. The highest BCUT2D eigenvalue weighted by atomic mass is 19.1. The van der Waals surface area contributed by atoms with Crippen LogP contribution in [0.3, 0.4) is 0 Å². The van der Waals surface area contributed by atoms with Crippen molar-refractivity contribution in [1.29, 1.82) is 0 Å². The van der Waals surface area contributed by atoms with Gasteiger partial charge in [0.15, 0.2) is 0 Å². The lowest BCUT2D eigenvalue weighted by atomic mass is 10.1. The van der Waals surface area contributed by atoms with Gasteiger partial charge in [-0.2, -0.15) is 0 Å². The summed E-state index contributed by atoms with van der Waals surface area (Å²) < 4.78 is 23.3. The quantitative estimate of drug-likeness (QED) is 0.360. The van der Waals surface area contributed by atoms with Crippen LogP contribution in [-0.4, -0.2) is 23.0 Å². The first-order chi connectivity index (χ1) is 14.0. The molecule has 0 aliphatic carbocycles. The molecule has 8 nitrogen and oxygen atoms in total. The molecule has 0 aliphatic heterocycles. The number of rotatable bonds is 7. The van der Waals surface area contributed by atoms with Crippen molar-refractivity contribution in [3.63, 3.8) is 0 Å². The lowest BCUT2D eigenvalue weighted by molar-refractivity contribution is -0.385. The van der Waals surface area contributed by atoms with Crippen LogP contribution in [-0.2, 0) is 11.3 Å². The highest BCUT2D eigenvalue weighted by Gasteiger charge is 2.21. The molecule has 0 aliphatic rings. The van der Waals surface area contributed by atoms with Crippen molar-refractivity contribution in [3.8, 4) is 11.6 Å². The van der Waals surface area contributed by atoms with Gasteiger partial charge in [0.25, 0.3) is 5.69 Å². The zero-order chi connectivity index (χ0) is 20.8. The summed E-state index contributed by atoms with van der Waals surface area (Å²) in [5.74, 6) is -0.550. The Hall–Kier alpha value is -4.01. The molecule has 0 unspecified atom stereocenters. The molecule has 148 valence electrons. The molecular formula is C20H16FN3O5. The van der Waals surface area contributed by atoms with Crippen molar-refractivity contribution in [2.45, 2.75) is 6.54 Å². The Morgan fingerprint density at radius 3 is 2.69 bits per heavy atom. The highest BCUT2D eigenvalue weighted by Crippen LogP contribution is 2.24. The fraction of sp³-hybridized carbons (Fsp3) is 0.100. The summed E-state index contributed by atoms with van der Waals surface area (Å²) in [4.78, 5) is 26.3. The van der Waals surface area contributed by atoms with Crippen LogP contribution in [0.5, 0.6) is 11.6 Å². The van der Waals surface area contributed by atoms with Gasteiger partial charge in [-0.3, -0.25) is 10.1 Å². The number of hydrogen-bond donors (Lipinski definition) is 1. The minimum absolute atomic E-state index is 0.139. The molecule has 0 spiro atoms. The number of pyridine rings is 1. The minimum Gasteiger partial charge on any atom is -0.465 e. The van der Waals surface area contributed by atoms with Gasteiger partial charge in [0.2, 0.25) is 5.88 Å². The fourth-order valence-corrected chi connectivity index (χ4v) is 2.51. The number of esters is 1. The average molecular weight is 397 g/mol. The number of anilines is 1. The van der Waals surface area contributed by atoms with Crippen molar-refractivity contribution in [3.05, 3.63) is 87.9 Å². The predicted octanol–water partition coefficient (Wildman–Crippen LogP) is 4.32. The number of ether oxygens (including phenoxy) is 2. The first-order valence-corrected chi connectivity index (χ1v) is 8.45. The second-order valence-electron chi connectivity index (χ2n) is 5.90. The zero-order valence-corrected chi connectivity index (χ0v) is 15.3. The van der Waals surface area contributed by atoms with Gasteiger partial charge < -0.3 is 14.8 Å². The standard InChI is InChI=1S/C20H16FN3O5/c1-28-20(25)17-10-15(6-7-18(17)24(26)27)22-11-13-5-8-19(23-12-13)29-16-4-2-3-14(21)9-16/h2-10,12,22H,11H2,1H3. The van der Waals surface area contributed by atoms with Crippen LogP contribution in [0.15, 0.2) is 60.8 Å². The van der Waals surface area contributed by atoms with Gasteiger partial charge in [-0.1, -0.05) is 12.1 Å². The summed E-state index contributed by atoms with van der Waals surface area (Å²) in [5.41, 5.74) is 0.841. The van der Waals surface area contributed by atoms with Crippen molar-refractivity contribution in [1.82, 2.24) is 4.98 Å². The first-order valence-electron chi connectivity index (χ1n) is 8.45. The third kappa shape index (κ3) is 5.04. The zero-order valence-electron chi connectivity index (χ0n) is 15.3. The van der Waals surface area contributed by atoms with E-state index in [0.717, 1.165) is 12.7 Å². The van der Waals surface area contributed by atoms with Crippen LogP contribution in [0.1, 0.15) is 15.9 Å². The van der Waals surface area contributed by atoms with Gasteiger partial charge in [0.05, 0.1) is 12.0 Å². The number of halogens is 1. The minimum atomic E-state index is -0.791. The third-order valence-electron chi connectivity index (χ3n) is 3.91. The molecule has 0 saturated carbocycles. The Bertz CT molecular complexity index is 1040. The lowest BCUT2D eigenvalue weighted by Crippen LogP contribution is -2.07. The Kier molecular flexibility index (Phi) is 5.98. The molecule has 0 saturated heterocycles. The van der Waals surface area contributed by atoms with E-state index in [1.807, 2.05) is 0 Å². The van der Waals surface area contributed by atoms with Gasteiger partial charge in [0, 0.05) is 36.6 Å². The molecule has 1 heterocycles. The summed E-state index contributed by atoms with van der Waals surface area (Å²) in [6.07, 6.45) is 1.58. The number of hydrogen-bond acceptors (Lipinski definition) is 7. The smallest absolute Gasteiger partial charge is 0.344 e. The molecule has 0 bridgehead atoms.